The smallest absolute Gasteiger partial charge is 0.346 e. The van der Waals surface area contributed by atoms with Crippen molar-refractivity contribution in [2.24, 2.45) is 0 Å². The topological polar surface area (TPSA) is 35.5 Å². The van der Waals surface area contributed by atoms with Gasteiger partial charge in [-0.2, -0.15) is 0 Å². The number of halogens is 1. The molecule has 0 aliphatic rings. The second kappa shape index (κ2) is 5.75. The van der Waals surface area contributed by atoms with Crippen LogP contribution in [0.25, 0.3) is 0 Å². The average molecular weight is 243 g/mol. The number of carbonyl (C=O) groups is 1. The molecule has 1 rings (SSSR count). The van der Waals surface area contributed by atoms with Crippen LogP contribution in [0, 0.1) is 0 Å². The molecule has 0 amide bonds. The summed E-state index contributed by atoms with van der Waals surface area (Å²) in [7, 11) is 1.34. The van der Waals surface area contributed by atoms with Crippen LogP contribution in [0.4, 0.5) is 0 Å². The molecule has 0 saturated heterocycles. The molecule has 0 N–H and O–H groups in total. The minimum Gasteiger partial charge on any atom is -0.479 e. The van der Waals surface area contributed by atoms with E-state index < -0.39 is 12.1 Å². The van der Waals surface area contributed by atoms with Crippen LogP contribution in [0.5, 0.6) is 5.75 Å². The highest BCUT2D eigenvalue weighted by atomic mass is 35.5. The van der Waals surface area contributed by atoms with Crippen molar-refractivity contribution < 1.29 is 14.3 Å². The van der Waals surface area contributed by atoms with Gasteiger partial charge in [-0.15, -0.1) is 0 Å². The summed E-state index contributed by atoms with van der Waals surface area (Å²) < 4.78 is 10.1. The fraction of sp³-hybridized carbons (Fsp3) is 0.417. The van der Waals surface area contributed by atoms with Crippen molar-refractivity contribution in [3.63, 3.8) is 0 Å². The summed E-state index contributed by atoms with van der Waals surface area (Å²) in [5.41, 5.74) is 0.975. The first-order valence-electron chi connectivity index (χ1n) is 5.11. The highest BCUT2D eigenvalue weighted by Gasteiger charge is 2.16. The lowest BCUT2D eigenvalue weighted by Crippen LogP contribution is -2.25. The number of carbonyl (C=O) groups excluding carboxylic acids is 1. The van der Waals surface area contributed by atoms with Crippen LogP contribution in [0.15, 0.2) is 18.2 Å². The van der Waals surface area contributed by atoms with Gasteiger partial charge in [0.15, 0.2) is 6.10 Å². The minimum absolute atomic E-state index is 0.392. The zero-order valence-corrected chi connectivity index (χ0v) is 10.4. The predicted molar refractivity (Wildman–Crippen MR) is 62.9 cm³/mol. The number of hydrogen-bond acceptors (Lipinski definition) is 3. The molecule has 4 heteroatoms. The molecule has 16 heavy (non-hydrogen) atoms. The van der Waals surface area contributed by atoms with Gasteiger partial charge in [-0.25, -0.2) is 4.79 Å². The Morgan fingerprint density at radius 2 is 2.19 bits per heavy atom. The number of rotatable bonds is 4. The van der Waals surface area contributed by atoms with Crippen LogP contribution < -0.4 is 4.74 Å². The maximum Gasteiger partial charge on any atom is 0.346 e. The third-order valence-corrected chi connectivity index (χ3v) is 2.48. The molecular formula is C12H15ClO3. The Morgan fingerprint density at radius 3 is 2.75 bits per heavy atom. The van der Waals surface area contributed by atoms with E-state index in [-0.39, 0.29) is 0 Å². The number of hydrogen-bond donors (Lipinski definition) is 0. The van der Waals surface area contributed by atoms with E-state index in [0.29, 0.717) is 10.8 Å². The number of aryl methyl sites for hydroxylation is 1. The molecule has 0 radical (unpaired) electrons. The van der Waals surface area contributed by atoms with Gasteiger partial charge in [-0.1, -0.05) is 18.5 Å². The Hall–Kier alpha value is -1.22. The minimum atomic E-state index is -0.614. The third kappa shape index (κ3) is 3.14. The van der Waals surface area contributed by atoms with Gasteiger partial charge in [0.05, 0.1) is 7.11 Å². The van der Waals surface area contributed by atoms with E-state index in [1.807, 2.05) is 13.0 Å². The Morgan fingerprint density at radius 1 is 1.50 bits per heavy atom. The van der Waals surface area contributed by atoms with Crippen molar-refractivity contribution in [3.8, 4) is 5.75 Å². The van der Waals surface area contributed by atoms with E-state index in [4.69, 9.17) is 16.3 Å². The molecule has 88 valence electrons. The summed E-state index contributed by atoms with van der Waals surface area (Å²) in [6, 6.07) is 5.33. The fourth-order valence-corrected chi connectivity index (χ4v) is 1.54. The lowest BCUT2D eigenvalue weighted by molar-refractivity contribution is -0.147. The van der Waals surface area contributed by atoms with E-state index in [1.165, 1.54) is 7.11 Å². The lowest BCUT2D eigenvalue weighted by atomic mass is 10.1. The number of methoxy groups -OCH3 is 1. The maximum atomic E-state index is 11.2. The Bertz CT molecular complexity index is 377. The third-order valence-electron chi connectivity index (χ3n) is 2.24. The second-order valence-electron chi connectivity index (χ2n) is 3.39. The van der Waals surface area contributed by atoms with E-state index in [0.717, 1.165) is 12.0 Å². The van der Waals surface area contributed by atoms with Gasteiger partial charge in [0.25, 0.3) is 0 Å². The quantitative estimate of drug-likeness (QED) is 0.762. The van der Waals surface area contributed by atoms with E-state index in [1.54, 1.807) is 19.1 Å². The summed E-state index contributed by atoms with van der Waals surface area (Å²) >= 11 is 5.87. The molecule has 1 atom stereocenters. The zero-order valence-electron chi connectivity index (χ0n) is 9.62. The van der Waals surface area contributed by atoms with Crippen LogP contribution in [0.2, 0.25) is 5.02 Å². The van der Waals surface area contributed by atoms with Crippen LogP contribution in [0.1, 0.15) is 19.4 Å². The van der Waals surface area contributed by atoms with Gasteiger partial charge >= 0.3 is 5.97 Å². The van der Waals surface area contributed by atoms with E-state index in [2.05, 4.69) is 4.74 Å². The van der Waals surface area contributed by atoms with Crippen molar-refractivity contribution in [1.29, 1.82) is 0 Å². The normalized spacial score (nSPS) is 12.0. The molecule has 0 aliphatic carbocycles. The standard InChI is InChI=1S/C12H15ClO3/c1-4-9-7-10(13)5-6-11(9)16-8(2)12(14)15-3/h5-8H,4H2,1-3H3. The van der Waals surface area contributed by atoms with Crippen molar-refractivity contribution in [2.45, 2.75) is 26.4 Å². The first-order chi connectivity index (χ1) is 7.58. The molecule has 0 aromatic heterocycles. The highest BCUT2D eigenvalue weighted by Crippen LogP contribution is 2.24. The molecule has 0 spiro atoms. The predicted octanol–water partition coefficient (Wildman–Crippen LogP) is 2.84. The molecule has 1 aromatic rings. The number of esters is 1. The van der Waals surface area contributed by atoms with Crippen molar-refractivity contribution in [3.05, 3.63) is 28.8 Å². The molecule has 0 heterocycles. The summed E-state index contributed by atoms with van der Waals surface area (Å²) in [6.45, 7) is 3.65. The summed E-state index contributed by atoms with van der Waals surface area (Å²) in [5.74, 6) is 0.279. The van der Waals surface area contributed by atoms with Crippen molar-refractivity contribution in [2.75, 3.05) is 7.11 Å². The van der Waals surface area contributed by atoms with Crippen molar-refractivity contribution >= 4 is 17.6 Å². The first-order valence-corrected chi connectivity index (χ1v) is 5.49. The largest absolute Gasteiger partial charge is 0.479 e. The monoisotopic (exact) mass is 242 g/mol. The van der Waals surface area contributed by atoms with Crippen LogP contribution in [0.3, 0.4) is 0 Å². The van der Waals surface area contributed by atoms with Crippen molar-refractivity contribution in [1.82, 2.24) is 0 Å². The molecule has 1 unspecified atom stereocenters. The van der Waals surface area contributed by atoms with E-state index in [9.17, 15) is 4.79 Å². The van der Waals surface area contributed by atoms with Gasteiger partial charge in [0.2, 0.25) is 0 Å². The van der Waals surface area contributed by atoms with Gasteiger partial charge < -0.3 is 9.47 Å². The molecule has 0 fully saturated rings. The zero-order chi connectivity index (χ0) is 12.1. The summed E-state index contributed by atoms with van der Waals surface area (Å²) in [5, 5.41) is 0.662. The SMILES string of the molecule is CCc1cc(Cl)ccc1OC(C)C(=O)OC. The first kappa shape index (κ1) is 12.8. The van der Waals surface area contributed by atoms with Gasteiger partial charge in [-0.3, -0.25) is 0 Å². The lowest BCUT2D eigenvalue weighted by Gasteiger charge is -2.15. The highest BCUT2D eigenvalue weighted by molar-refractivity contribution is 6.30. The summed E-state index contributed by atoms with van der Waals surface area (Å²) in [6.07, 6.45) is 0.181. The Labute approximate surface area is 100 Å². The molecule has 1 aromatic carbocycles. The van der Waals surface area contributed by atoms with E-state index >= 15 is 0 Å². The fourth-order valence-electron chi connectivity index (χ4n) is 1.34. The molecule has 0 bridgehead atoms. The number of ether oxygens (including phenoxy) is 2. The average Bonchev–Trinajstić information content (AvgIpc) is 2.30. The van der Waals surface area contributed by atoms with Crippen LogP contribution in [-0.2, 0) is 16.0 Å². The van der Waals surface area contributed by atoms with Gasteiger partial charge in [0.1, 0.15) is 5.75 Å². The molecule has 0 saturated carbocycles. The van der Waals surface area contributed by atoms with Crippen LogP contribution >= 0.6 is 11.6 Å². The molecule has 0 aliphatic heterocycles. The number of benzene rings is 1. The van der Waals surface area contributed by atoms with Gasteiger partial charge in [0, 0.05) is 5.02 Å². The van der Waals surface area contributed by atoms with Crippen LogP contribution in [-0.4, -0.2) is 19.2 Å². The Balaban J connectivity index is 2.84. The maximum absolute atomic E-state index is 11.2. The Kier molecular flexibility index (Phi) is 4.62. The summed E-state index contributed by atoms with van der Waals surface area (Å²) in [4.78, 5) is 11.2. The molecular weight excluding hydrogens is 228 g/mol. The molecule has 3 nitrogen and oxygen atoms in total. The van der Waals surface area contributed by atoms with Gasteiger partial charge in [-0.05, 0) is 37.1 Å². The second-order valence-corrected chi connectivity index (χ2v) is 3.83.